The maximum Gasteiger partial charge on any atom is 0.426 e. The van der Waals surface area contributed by atoms with Crippen molar-refractivity contribution in [3.05, 3.63) is 21.7 Å². The van der Waals surface area contributed by atoms with Gasteiger partial charge in [0.05, 0.1) is 5.92 Å². The van der Waals surface area contributed by atoms with E-state index in [9.17, 15) is 18.0 Å². The third-order valence-corrected chi connectivity index (χ3v) is 5.06. The Hall–Kier alpha value is -0.490. The van der Waals surface area contributed by atoms with E-state index in [2.05, 4.69) is 15.9 Å². The zero-order chi connectivity index (χ0) is 16.0. The molecule has 2 aliphatic rings. The van der Waals surface area contributed by atoms with Crippen LogP contribution in [0.25, 0.3) is 0 Å². The number of halogens is 5. The van der Waals surface area contributed by atoms with Gasteiger partial charge < -0.3 is 4.74 Å². The van der Waals surface area contributed by atoms with Gasteiger partial charge in [-0.3, -0.25) is 4.79 Å². The summed E-state index contributed by atoms with van der Waals surface area (Å²) in [6, 6.07) is 0. The average Bonchev–Trinajstić information content (AvgIpc) is 2.65. The summed E-state index contributed by atoms with van der Waals surface area (Å²) in [5.74, 6) is -1.57. The van der Waals surface area contributed by atoms with E-state index in [4.69, 9.17) is 16.3 Å². The third-order valence-electron chi connectivity index (χ3n) is 4.07. The van der Waals surface area contributed by atoms with Gasteiger partial charge in [-0.15, -0.1) is 0 Å². The Balaban J connectivity index is 1.99. The smallest absolute Gasteiger partial charge is 0.426 e. The molecule has 0 spiro atoms. The molecule has 0 bridgehead atoms. The molecule has 0 aromatic carbocycles. The molecule has 0 amide bonds. The molecule has 21 heavy (non-hydrogen) atoms. The molecule has 1 unspecified atom stereocenters. The highest BCUT2D eigenvalue weighted by Gasteiger charge is 2.62. The fourth-order valence-electron chi connectivity index (χ4n) is 2.66. The van der Waals surface area contributed by atoms with Gasteiger partial charge in [-0.25, -0.2) is 0 Å². The Labute approximate surface area is 134 Å². The molecule has 0 saturated heterocycles. The van der Waals surface area contributed by atoms with E-state index in [-0.39, 0.29) is 6.10 Å². The lowest BCUT2D eigenvalue weighted by atomic mass is 10.1. The number of carbonyl (C=O) groups excluding carboxylic acids is 1. The van der Waals surface area contributed by atoms with Crippen LogP contribution in [0.4, 0.5) is 13.2 Å². The van der Waals surface area contributed by atoms with Crippen molar-refractivity contribution in [3.8, 4) is 0 Å². The van der Waals surface area contributed by atoms with Crippen LogP contribution in [-0.4, -0.2) is 18.2 Å². The third kappa shape index (κ3) is 3.65. The predicted molar refractivity (Wildman–Crippen MR) is 76.9 cm³/mol. The lowest BCUT2D eigenvalue weighted by molar-refractivity contribution is -0.151. The van der Waals surface area contributed by atoms with E-state index in [1.54, 1.807) is 13.8 Å². The Kier molecular flexibility index (Phi) is 4.51. The highest BCUT2D eigenvalue weighted by molar-refractivity contribution is 9.11. The summed E-state index contributed by atoms with van der Waals surface area (Å²) in [7, 11) is 0. The molecule has 3 atom stereocenters. The summed E-state index contributed by atoms with van der Waals surface area (Å²) in [5, 5.41) is -1.18. The first-order valence-corrected chi connectivity index (χ1v) is 7.70. The lowest BCUT2D eigenvalue weighted by Crippen LogP contribution is -2.18. The van der Waals surface area contributed by atoms with E-state index < -0.39 is 34.4 Å². The van der Waals surface area contributed by atoms with Crippen molar-refractivity contribution in [3.63, 3.8) is 0 Å². The molecular formula is C14H15BrClF3O2. The molecule has 0 radical (unpaired) electrons. The van der Waals surface area contributed by atoms with Crippen molar-refractivity contribution in [2.75, 3.05) is 0 Å². The zero-order valence-corrected chi connectivity index (χ0v) is 13.8. The fraction of sp³-hybridized carbons (Fsp3) is 0.643. The number of hydrogen-bond donors (Lipinski definition) is 0. The number of alkyl halides is 3. The van der Waals surface area contributed by atoms with Gasteiger partial charge in [0.2, 0.25) is 0 Å². The van der Waals surface area contributed by atoms with Crippen LogP contribution < -0.4 is 0 Å². The Bertz CT molecular complexity index is 511. The van der Waals surface area contributed by atoms with E-state index in [1.165, 1.54) is 0 Å². The normalized spacial score (nSPS) is 31.9. The molecule has 0 heterocycles. The SMILES string of the molecule is CC1(C)[C@H](C=C(Cl)C(F)(F)F)[C@@H]1C(=O)OC1CC=C(Br)C1. The van der Waals surface area contributed by atoms with Crippen molar-refractivity contribution in [2.45, 2.75) is 39.0 Å². The number of allylic oxidation sites excluding steroid dienone is 2. The van der Waals surface area contributed by atoms with Crippen LogP contribution in [0.1, 0.15) is 26.7 Å². The van der Waals surface area contributed by atoms with Crippen molar-refractivity contribution in [1.29, 1.82) is 0 Å². The minimum atomic E-state index is -4.57. The van der Waals surface area contributed by atoms with Crippen LogP contribution in [0.2, 0.25) is 0 Å². The zero-order valence-electron chi connectivity index (χ0n) is 11.5. The molecule has 1 fully saturated rings. The molecule has 2 rings (SSSR count). The molecule has 2 nitrogen and oxygen atoms in total. The second-order valence-electron chi connectivity index (χ2n) is 5.99. The standard InChI is InChI=1S/C14H15BrClF3O2/c1-13(2)9(6-10(16)14(17,18)19)11(13)12(20)21-8-4-3-7(15)5-8/h3,6,8-9,11H,4-5H2,1-2H3/t8?,9-,11-/m1/s1. The van der Waals surface area contributed by atoms with Crippen LogP contribution in [0, 0.1) is 17.3 Å². The first-order valence-electron chi connectivity index (χ1n) is 6.53. The first-order chi connectivity index (χ1) is 9.53. The first kappa shape index (κ1) is 16.9. The minimum absolute atomic E-state index is 0.231. The Morgan fingerprint density at radius 1 is 1.52 bits per heavy atom. The van der Waals surface area contributed by atoms with Gasteiger partial charge in [0.1, 0.15) is 11.1 Å². The number of rotatable bonds is 3. The molecule has 0 aromatic rings. The van der Waals surface area contributed by atoms with Crippen LogP contribution in [0.5, 0.6) is 0 Å². The van der Waals surface area contributed by atoms with E-state index in [0.717, 1.165) is 10.6 Å². The summed E-state index contributed by atoms with van der Waals surface area (Å²) in [6.45, 7) is 3.48. The summed E-state index contributed by atoms with van der Waals surface area (Å²) in [5.41, 5.74) is -0.564. The largest absolute Gasteiger partial charge is 0.461 e. The number of ether oxygens (including phenoxy) is 1. The predicted octanol–water partition coefficient (Wildman–Crippen LogP) is 4.93. The monoisotopic (exact) mass is 386 g/mol. The minimum Gasteiger partial charge on any atom is -0.461 e. The molecular weight excluding hydrogens is 373 g/mol. The summed E-state index contributed by atoms with van der Waals surface area (Å²) in [6.07, 6.45) is -0.712. The molecule has 0 aliphatic heterocycles. The molecule has 7 heteroatoms. The molecule has 1 saturated carbocycles. The second-order valence-corrected chi connectivity index (χ2v) is 7.41. The quantitative estimate of drug-likeness (QED) is 0.642. The maximum atomic E-state index is 12.5. The lowest BCUT2D eigenvalue weighted by Gasteiger charge is -2.12. The Morgan fingerprint density at radius 2 is 2.14 bits per heavy atom. The molecule has 0 aromatic heterocycles. The van der Waals surface area contributed by atoms with Gasteiger partial charge in [-0.1, -0.05) is 53.5 Å². The number of carbonyl (C=O) groups is 1. The van der Waals surface area contributed by atoms with Crippen LogP contribution in [0.3, 0.4) is 0 Å². The van der Waals surface area contributed by atoms with E-state index in [0.29, 0.717) is 12.8 Å². The van der Waals surface area contributed by atoms with Crippen LogP contribution >= 0.6 is 27.5 Å². The molecule has 0 N–H and O–H groups in total. The van der Waals surface area contributed by atoms with Gasteiger partial charge in [0, 0.05) is 12.8 Å². The van der Waals surface area contributed by atoms with E-state index in [1.807, 2.05) is 6.08 Å². The maximum absolute atomic E-state index is 12.5. The van der Waals surface area contributed by atoms with Gasteiger partial charge in [-0.05, 0) is 15.8 Å². The van der Waals surface area contributed by atoms with Crippen molar-refractivity contribution in [1.82, 2.24) is 0 Å². The van der Waals surface area contributed by atoms with Gasteiger partial charge in [0.25, 0.3) is 0 Å². The average molecular weight is 388 g/mol. The summed E-state index contributed by atoms with van der Waals surface area (Å²) in [4.78, 5) is 12.1. The Morgan fingerprint density at radius 3 is 2.62 bits per heavy atom. The van der Waals surface area contributed by atoms with Crippen molar-refractivity contribution in [2.24, 2.45) is 17.3 Å². The summed E-state index contributed by atoms with van der Waals surface area (Å²) >= 11 is 8.58. The fourth-order valence-corrected chi connectivity index (χ4v) is 3.35. The summed E-state index contributed by atoms with van der Waals surface area (Å²) < 4.78 is 43.7. The van der Waals surface area contributed by atoms with E-state index >= 15 is 0 Å². The second kappa shape index (κ2) is 5.61. The van der Waals surface area contributed by atoms with Gasteiger partial charge in [-0.2, -0.15) is 13.2 Å². The molecule has 2 aliphatic carbocycles. The van der Waals surface area contributed by atoms with Crippen LogP contribution in [0.15, 0.2) is 21.7 Å². The topological polar surface area (TPSA) is 26.3 Å². The van der Waals surface area contributed by atoms with Crippen molar-refractivity contribution < 1.29 is 22.7 Å². The number of esters is 1. The van der Waals surface area contributed by atoms with Crippen molar-refractivity contribution >= 4 is 33.5 Å². The number of hydrogen-bond acceptors (Lipinski definition) is 2. The van der Waals surface area contributed by atoms with Crippen LogP contribution in [-0.2, 0) is 9.53 Å². The highest BCUT2D eigenvalue weighted by Crippen LogP contribution is 2.60. The molecule has 118 valence electrons. The van der Waals surface area contributed by atoms with Gasteiger partial charge >= 0.3 is 12.1 Å². The van der Waals surface area contributed by atoms with Gasteiger partial charge in [0.15, 0.2) is 0 Å². The highest BCUT2D eigenvalue weighted by atomic mass is 79.9.